The molecule has 5 heteroatoms. The second kappa shape index (κ2) is 11.2. The Morgan fingerprint density at radius 3 is 0.549 bits per heavy atom. The molecule has 0 radical (unpaired) electrons. The summed E-state index contributed by atoms with van der Waals surface area (Å²) < 4.78 is 0. The Morgan fingerprint density at radius 1 is 0.275 bits per heavy atom. The Hall–Kier alpha value is -0.658. The Morgan fingerprint density at radius 2 is 0.412 bits per heavy atom. The Labute approximate surface area is 324 Å². The number of rotatable bonds is 4. The molecule has 18 rings (SSSR count). The smallest absolute Gasteiger partial charge is 0.503 e. The Balaban J connectivity index is 0.000000114. The van der Waals surface area contributed by atoms with E-state index in [1.54, 1.807) is 77.0 Å². The van der Waals surface area contributed by atoms with Gasteiger partial charge in [-0.3, -0.25) is 0 Å². The first kappa shape index (κ1) is 32.6. The van der Waals surface area contributed by atoms with Gasteiger partial charge in [0.25, 0.3) is 0 Å². The SMILES string of the molecule is C1=CN(C23CC4CC(CC(C4)C2)C3)[CH-]N1C12CC3CC(CC(C3)C1)C2.C1=CN(C23CC4CC(CC(C4)C2)C3)[CH-]N1C12CC3CC(CC(C3)C1)C2.[Pd+2]. The fourth-order valence-electron chi connectivity index (χ4n) is 19.4. The normalized spacial score (nSPS) is 56.8. The minimum absolute atomic E-state index is 0. The predicted molar refractivity (Wildman–Crippen MR) is 198 cm³/mol. The minimum atomic E-state index is 0. The molecule has 16 saturated carbocycles. The van der Waals surface area contributed by atoms with E-state index in [-0.39, 0.29) is 20.4 Å². The molecule has 0 saturated heterocycles. The van der Waals surface area contributed by atoms with Gasteiger partial charge in [-0.25, -0.2) is 0 Å². The van der Waals surface area contributed by atoms with Gasteiger partial charge < -0.3 is 19.6 Å². The third-order valence-corrected chi connectivity index (χ3v) is 19.5. The van der Waals surface area contributed by atoms with E-state index in [4.69, 9.17) is 0 Å². The second-order valence-corrected chi connectivity index (χ2v) is 23.0. The molecule has 0 N–H and O–H groups in total. The summed E-state index contributed by atoms with van der Waals surface area (Å²) in [5.74, 6) is 12.5. The average Bonchev–Trinajstić information content (AvgIpc) is 3.76. The van der Waals surface area contributed by atoms with E-state index in [9.17, 15) is 0 Å². The van der Waals surface area contributed by atoms with E-state index in [1.165, 1.54) is 77.0 Å². The zero-order chi connectivity index (χ0) is 32.5. The summed E-state index contributed by atoms with van der Waals surface area (Å²) in [5.41, 5.74) is 2.01. The van der Waals surface area contributed by atoms with Crippen molar-refractivity contribution in [2.24, 2.45) is 71.0 Å². The van der Waals surface area contributed by atoms with Crippen molar-refractivity contribution >= 4 is 0 Å². The van der Waals surface area contributed by atoms with Crippen LogP contribution in [0.3, 0.4) is 0 Å². The van der Waals surface area contributed by atoms with Gasteiger partial charge in [-0.2, -0.15) is 13.3 Å². The van der Waals surface area contributed by atoms with Gasteiger partial charge in [0.2, 0.25) is 0 Å². The van der Waals surface area contributed by atoms with Crippen LogP contribution >= 0.6 is 0 Å². The molecular weight excluding hydrogens is 715 g/mol. The van der Waals surface area contributed by atoms with Gasteiger partial charge in [0, 0.05) is 22.2 Å². The third kappa shape index (κ3) is 4.96. The van der Waals surface area contributed by atoms with Crippen molar-refractivity contribution in [2.75, 3.05) is 0 Å². The summed E-state index contributed by atoms with van der Waals surface area (Å²) in [7, 11) is 0. The van der Waals surface area contributed by atoms with Crippen molar-refractivity contribution in [1.29, 1.82) is 0 Å². The van der Waals surface area contributed by atoms with Crippen LogP contribution in [0.1, 0.15) is 154 Å². The zero-order valence-corrected chi connectivity index (χ0v) is 33.0. The van der Waals surface area contributed by atoms with Crippen LogP contribution in [0.25, 0.3) is 0 Å². The molecule has 0 spiro atoms. The van der Waals surface area contributed by atoms with Crippen LogP contribution in [-0.4, -0.2) is 41.8 Å². The molecule has 0 aromatic heterocycles. The van der Waals surface area contributed by atoms with Crippen molar-refractivity contribution in [3.8, 4) is 0 Å². The Kier molecular flexibility index (Phi) is 7.17. The predicted octanol–water partition coefficient (Wildman–Crippen LogP) is 10.3. The molecule has 0 aromatic carbocycles. The molecule has 0 unspecified atom stereocenters. The summed E-state index contributed by atoms with van der Waals surface area (Å²) in [6.45, 7) is 5.20. The van der Waals surface area contributed by atoms with Gasteiger partial charge in [0.15, 0.2) is 0 Å². The van der Waals surface area contributed by atoms with Crippen LogP contribution in [0, 0.1) is 84.4 Å². The first-order valence-corrected chi connectivity index (χ1v) is 22.6. The van der Waals surface area contributed by atoms with Crippen LogP contribution in [0.2, 0.25) is 0 Å². The zero-order valence-electron chi connectivity index (χ0n) is 31.5. The molecule has 2 aliphatic heterocycles. The van der Waals surface area contributed by atoms with Crippen LogP contribution in [0.4, 0.5) is 0 Å². The molecule has 18 aliphatic rings. The van der Waals surface area contributed by atoms with Gasteiger partial charge >= 0.3 is 20.4 Å². The first-order valence-electron chi connectivity index (χ1n) is 22.6. The monoisotopic (exact) mass is 780 g/mol. The average molecular weight is 781 g/mol. The van der Waals surface area contributed by atoms with Crippen molar-refractivity contribution in [3.63, 3.8) is 0 Å². The van der Waals surface area contributed by atoms with Crippen molar-refractivity contribution in [2.45, 2.75) is 176 Å². The van der Waals surface area contributed by atoms with Gasteiger partial charge in [-0.05, 0) is 250 Å². The molecular formula is C46H66N4Pd. The van der Waals surface area contributed by atoms with E-state index >= 15 is 0 Å². The van der Waals surface area contributed by atoms with Crippen molar-refractivity contribution in [1.82, 2.24) is 19.6 Å². The molecule has 0 amide bonds. The minimum Gasteiger partial charge on any atom is -0.503 e. The van der Waals surface area contributed by atoms with Crippen LogP contribution in [0.5, 0.6) is 0 Å². The molecule has 0 aromatic rings. The maximum atomic E-state index is 2.73. The van der Waals surface area contributed by atoms with E-state index < -0.39 is 0 Å². The summed E-state index contributed by atoms with van der Waals surface area (Å²) in [5, 5.41) is 0. The second-order valence-electron chi connectivity index (χ2n) is 23.0. The standard InChI is InChI=1S/2C23H33N2.Pd/c2*1-2-25(23-12-19-6-20(13-23)8-21(7-19)14-23)15-24(1)22-9-16-3-17(10-22)5-18(4-16)11-22;/h2*1-2,15-21H,3-14H2;/q2*-1;+2. The largest absolute Gasteiger partial charge is 2.00 e. The number of hydrogen-bond donors (Lipinski definition) is 0. The number of hydrogen-bond acceptors (Lipinski definition) is 4. The molecule has 0 atom stereocenters. The fraction of sp³-hybridized carbons (Fsp3) is 0.870. The summed E-state index contributed by atoms with van der Waals surface area (Å²) in [6.07, 6.45) is 46.3. The molecule has 16 bridgehead atoms. The first-order chi connectivity index (χ1) is 24.4. The van der Waals surface area contributed by atoms with E-state index in [2.05, 4.69) is 57.7 Å². The molecule has 2 heterocycles. The van der Waals surface area contributed by atoms with Crippen LogP contribution < -0.4 is 0 Å². The van der Waals surface area contributed by atoms with E-state index in [1.807, 2.05) is 0 Å². The third-order valence-electron chi connectivity index (χ3n) is 19.5. The molecule has 280 valence electrons. The van der Waals surface area contributed by atoms with Gasteiger partial charge in [0.05, 0.1) is 0 Å². The van der Waals surface area contributed by atoms with Gasteiger partial charge in [0.1, 0.15) is 0 Å². The maximum Gasteiger partial charge on any atom is 2.00 e. The number of nitrogens with zero attached hydrogens (tertiary/aromatic N) is 4. The summed E-state index contributed by atoms with van der Waals surface area (Å²) in [4.78, 5) is 10.9. The van der Waals surface area contributed by atoms with E-state index in [0.717, 1.165) is 71.0 Å². The van der Waals surface area contributed by atoms with E-state index in [0.29, 0.717) is 22.2 Å². The molecule has 51 heavy (non-hydrogen) atoms. The van der Waals surface area contributed by atoms with Gasteiger partial charge in [-0.1, -0.05) is 0 Å². The molecule has 4 nitrogen and oxygen atoms in total. The fourth-order valence-corrected chi connectivity index (χ4v) is 19.4. The quantitative estimate of drug-likeness (QED) is 0.208. The summed E-state index contributed by atoms with van der Waals surface area (Å²) >= 11 is 0. The maximum absolute atomic E-state index is 2.73. The van der Waals surface area contributed by atoms with Crippen molar-refractivity contribution < 1.29 is 20.4 Å². The van der Waals surface area contributed by atoms with Crippen LogP contribution in [0.15, 0.2) is 24.8 Å². The van der Waals surface area contributed by atoms with Crippen molar-refractivity contribution in [3.05, 3.63) is 38.1 Å². The topological polar surface area (TPSA) is 13.0 Å². The molecule has 16 aliphatic carbocycles. The van der Waals surface area contributed by atoms with Crippen LogP contribution in [-0.2, 0) is 20.4 Å². The van der Waals surface area contributed by atoms with Gasteiger partial charge in [-0.15, -0.1) is 0 Å². The molecule has 16 fully saturated rings. The summed E-state index contributed by atoms with van der Waals surface area (Å²) in [6, 6.07) is 0. The Bertz CT molecular complexity index is 1110.